The maximum Gasteiger partial charge on any atom is 0.222 e. The van der Waals surface area contributed by atoms with Gasteiger partial charge < -0.3 is 16.0 Å². The predicted molar refractivity (Wildman–Crippen MR) is 82.5 cm³/mol. The van der Waals surface area contributed by atoms with Crippen molar-refractivity contribution in [3.05, 3.63) is 0 Å². The minimum atomic E-state index is 0.163. The first-order valence-electron chi connectivity index (χ1n) is 8.26. The molecule has 0 bridgehead atoms. The number of amides is 2. The topological polar surface area (TPSA) is 75.4 Å². The Hall–Kier alpha value is -1.10. The van der Waals surface area contributed by atoms with E-state index in [0.717, 1.165) is 32.4 Å². The third-order valence-electron chi connectivity index (χ3n) is 4.78. The summed E-state index contributed by atoms with van der Waals surface area (Å²) in [6.45, 7) is 6.48. The average molecular weight is 295 g/mol. The lowest BCUT2D eigenvalue weighted by Gasteiger charge is -2.41. The number of carbonyl (C=O) groups excluding carboxylic acids is 2. The predicted octanol–water partition coefficient (Wildman–Crippen LogP) is 1.12. The molecule has 0 aromatic heterocycles. The van der Waals surface area contributed by atoms with Crippen molar-refractivity contribution in [2.45, 2.75) is 52.0 Å². The van der Waals surface area contributed by atoms with E-state index in [1.54, 1.807) is 0 Å². The maximum absolute atomic E-state index is 12.5. The van der Waals surface area contributed by atoms with E-state index in [-0.39, 0.29) is 17.9 Å². The fraction of sp³-hybridized carbons (Fsp3) is 0.875. The molecular weight excluding hydrogens is 266 g/mol. The van der Waals surface area contributed by atoms with Gasteiger partial charge in [0.15, 0.2) is 0 Å². The summed E-state index contributed by atoms with van der Waals surface area (Å²) in [7, 11) is 0. The minimum absolute atomic E-state index is 0.163. The molecule has 0 aliphatic carbocycles. The fourth-order valence-electron chi connectivity index (χ4n) is 3.64. The summed E-state index contributed by atoms with van der Waals surface area (Å²) >= 11 is 0. The smallest absolute Gasteiger partial charge is 0.222 e. The number of nitrogens with zero attached hydrogens (tertiary/aromatic N) is 1. The summed E-state index contributed by atoms with van der Waals surface area (Å²) in [6, 6.07) is 0.274. The van der Waals surface area contributed by atoms with Gasteiger partial charge in [0, 0.05) is 32.0 Å². The van der Waals surface area contributed by atoms with Crippen LogP contribution in [0, 0.1) is 17.8 Å². The Morgan fingerprint density at radius 1 is 1.43 bits per heavy atom. The zero-order chi connectivity index (χ0) is 15.4. The molecule has 2 amide bonds. The van der Waals surface area contributed by atoms with E-state index in [9.17, 15) is 9.59 Å². The maximum atomic E-state index is 12.5. The summed E-state index contributed by atoms with van der Waals surface area (Å²) < 4.78 is 0. The summed E-state index contributed by atoms with van der Waals surface area (Å²) in [5.41, 5.74) is 5.80. The standard InChI is InChI=1S/C16H29N3O2/c1-11(2)7-12(9-17)8-16(21)19-6-5-14-13(10-19)3-4-15(20)18-14/h11-14H,3-10,17H2,1-2H3,(H,18,20). The van der Waals surface area contributed by atoms with Crippen LogP contribution in [0.3, 0.4) is 0 Å². The first kappa shape index (κ1) is 16.3. The molecular formula is C16H29N3O2. The first-order chi connectivity index (χ1) is 9.99. The summed E-state index contributed by atoms with van der Waals surface area (Å²) in [5, 5.41) is 3.06. The number of carbonyl (C=O) groups is 2. The van der Waals surface area contributed by atoms with Crippen molar-refractivity contribution in [1.29, 1.82) is 0 Å². The number of piperidine rings is 2. The largest absolute Gasteiger partial charge is 0.353 e. The van der Waals surface area contributed by atoms with Gasteiger partial charge in [-0.25, -0.2) is 0 Å². The Balaban J connectivity index is 1.85. The number of nitrogens with one attached hydrogen (secondary N) is 1. The molecule has 120 valence electrons. The molecule has 3 N–H and O–H groups in total. The van der Waals surface area contributed by atoms with E-state index in [4.69, 9.17) is 5.73 Å². The Kier molecular flexibility index (Phi) is 5.62. The fourth-order valence-corrected chi connectivity index (χ4v) is 3.64. The average Bonchev–Trinajstić information content (AvgIpc) is 2.45. The molecule has 21 heavy (non-hydrogen) atoms. The van der Waals surface area contributed by atoms with E-state index >= 15 is 0 Å². The monoisotopic (exact) mass is 295 g/mol. The van der Waals surface area contributed by atoms with Crippen molar-refractivity contribution in [2.75, 3.05) is 19.6 Å². The van der Waals surface area contributed by atoms with E-state index in [2.05, 4.69) is 19.2 Å². The molecule has 0 aromatic rings. The summed E-state index contributed by atoms with van der Waals surface area (Å²) in [6.07, 6.45) is 3.98. The normalized spacial score (nSPS) is 27.2. The van der Waals surface area contributed by atoms with Crippen LogP contribution in [-0.4, -0.2) is 42.4 Å². The molecule has 2 fully saturated rings. The molecule has 0 spiro atoms. The van der Waals surface area contributed by atoms with Gasteiger partial charge >= 0.3 is 0 Å². The number of fused-ring (bicyclic) bond motifs is 1. The molecule has 2 aliphatic heterocycles. The number of rotatable bonds is 5. The van der Waals surface area contributed by atoms with Crippen LogP contribution in [0.15, 0.2) is 0 Å². The molecule has 5 nitrogen and oxygen atoms in total. The lowest BCUT2D eigenvalue weighted by atomic mass is 9.84. The molecule has 3 unspecified atom stereocenters. The molecule has 5 heteroatoms. The van der Waals surface area contributed by atoms with E-state index in [1.165, 1.54) is 0 Å². The highest BCUT2D eigenvalue weighted by Gasteiger charge is 2.35. The zero-order valence-corrected chi connectivity index (χ0v) is 13.3. The van der Waals surface area contributed by atoms with Crippen LogP contribution in [0.2, 0.25) is 0 Å². The molecule has 0 radical (unpaired) electrons. The Morgan fingerprint density at radius 3 is 2.86 bits per heavy atom. The van der Waals surface area contributed by atoms with Gasteiger partial charge in [-0.3, -0.25) is 9.59 Å². The number of nitrogens with two attached hydrogens (primary N) is 1. The van der Waals surface area contributed by atoms with Gasteiger partial charge in [-0.15, -0.1) is 0 Å². The van der Waals surface area contributed by atoms with Gasteiger partial charge in [0.2, 0.25) is 11.8 Å². The van der Waals surface area contributed by atoms with Crippen LogP contribution in [-0.2, 0) is 9.59 Å². The van der Waals surface area contributed by atoms with Crippen molar-refractivity contribution in [1.82, 2.24) is 10.2 Å². The van der Waals surface area contributed by atoms with Crippen LogP contribution in [0.1, 0.15) is 46.0 Å². The quantitative estimate of drug-likeness (QED) is 0.798. The third kappa shape index (κ3) is 4.43. The van der Waals surface area contributed by atoms with Crippen LogP contribution >= 0.6 is 0 Å². The van der Waals surface area contributed by atoms with Gasteiger partial charge in [0.1, 0.15) is 0 Å². The lowest BCUT2D eigenvalue weighted by molar-refractivity contribution is -0.135. The Morgan fingerprint density at radius 2 is 2.19 bits per heavy atom. The molecule has 0 aromatic carbocycles. The van der Waals surface area contributed by atoms with Gasteiger partial charge in [0.25, 0.3) is 0 Å². The summed E-state index contributed by atoms with van der Waals surface area (Å²) in [4.78, 5) is 25.9. The highest BCUT2D eigenvalue weighted by atomic mass is 16.2. The number of likely N-dealkylation sites (tertiary alicyclic amines) is 1. The lowest BCUT2D eigenvalue weighted by Crippen LogP contribution is -2.55. The van der Waals surface area contributed by atoms with E-state index in [0.29, 0.717) is 37.1 Å². The van der Waals surface area contributed by atoms with Crippen LogP contribution in [0.5, 0.6) is 0 Å². The molecule has 0 saturated carbocycles. The first-order valence-corrected chi connectivity index (χ1v) is 8.26. The highest BCUT2D eigenvalue weighted by Crippen LogP contribution is 2.26. The van der Waals surface area contributed by atoms with Crippen molar-refractivity contribution in [3.63, 3.8) is 0 Å². The second-order valence-corrected chi connectivity index (χ2v) is 7.04. The van der Waals surface area contributed by atoms with Crippen LogP contribution in [0.25, 0.3) is 0 Å². The van der Waals surface area contributed by atoms with E-state index < -0.39 is 0 Å². The third-order valence-corrected chi connectivity index (χ3v) is 4.78. The van der Waals surface area contributed by atoms with E-state index in [1.807, 2.05) is 4.90 Å². The van der Waals surface area contributed by atoms with Crippen molar-refractivity contribution in [3.8, 4) is 0 Å². The van der Waals surface area contributed by atoms with Crippen LogP contribution < -0.4 is 11.1 Å². The molecule has 2 saturated heterocycles. The molecule has 3 atom stereocenters. The Labute approximate surface area is 127 Å². The van der Waals surface area contributed by atoms with Gasteiger partial charge in [-0.1, -0.05) is 13.8 Å². The Bertz CT molecular complexity index is 384. The van der Waals surface area contributed by atoms with Crippen molar-refractivity contribution >= 4 is 11.8 Å². The summed E-state index contributed by atoms with van der Waals surface area (Å²) in [5.74, 6) is 1.70. The molecule has 2 heterocycles. The molecule has 2 aliphatic rings. The number of hydrogen-bond acceptors (Lipinski definition) is 3. The second kappa shape index (κ2) is 7.25. The van der Waals surface area contributed by atoms with Gasteiger partial charge in [-0.2, -0.15) is 0 Å². The van der Waals surface area contributed by atoms with Crippen LogP contribution in [0.4, 0.5) is 0 Å². The SMILES string of the molecule is CC(C)CC(CN)CC(=O)N1CCC2NC(=O)CCC2C1. The highest BCUT2D eigenvalue weighted by molar-refractivity contribution is 5.78. The van der Waals surface area contributed by atoms with Gasteiger partial charge in [0.05, 0.1) is 0 Å². The van der Waals surface area contributed by atoms with Crippen molar-refractivity contribution < 1.29 is 9.59 Å². The second-order valence-electron chi connectivity index (χ2n) is 7.04. The number of hydrogen-bond donors (Lipinski definition) is 2. The minimum Gasteiger partial charge on any atom is -0.353 e. The van der Waals surface area contributed by atoms with Crippen molar-refractivity contribution in [2.24, 2.45) is 23.5 Å². The zero-order valence-electron chi connectivity index (χ0n) is 13.3. The van der Waals surface area contributed by atoms with Gasteiger partial charge in [-0.05, 0) is 43.6 Å². The molecule has 2 rings (SSSR count).